The van der Waals surface area contributed by atoms with Crippen LogP contribution in [0.2, 0.25) is 0 Å². The largest absolute Gasteiger partial charge is 0.508 e. The van der Waals surface area contributed by atoms with Crippen molar-refractivity contribution < 1.29 is 5.11 Å². The van der Waals surface area contributed by atoms with Gasteiger partial charge in [-0.05, 0) is 30.2 Å². The fourth-order valence-electron chi connectivity index (χ4n) is 2.62. The van der Waals surface area contributed by atoms with Crippen molar-refractivity contribution in [2.75, 3.05) is 5.73 Å². The van der Waals surface area contributed by atoms with Crippen molar-refractivity contribution in [3.8, 4) is 34.2 Å². The van der Waals surface area contributed by atoms with Gasteiger partial charge in [0.25, 0.3) is 0 Å². The monoisotopic (exact) mass is 305 g/mol. The van der Waals surface area contributed by atoms with Crippen LogP contribution in [0, 0.1) is 18.3 Å². The summed E-state index contributed by atoms with van der Waals surface area (Å²) < 4.78 is 1.69. The van der Waals surface area contributed by atoms with Crippen LogP contribution in [0.1, 0.15) is 11.1 Å². The zero-order chi connectivity index (χ0) is 16.6. The molecule has 0 unspecified atom stereocenters. The van der Waals surface area contributed by atoms with E-state index in [0.29, 0.717) is 11.3 Å². The summed E-state index contributed by atoms with van der Waals surface area (Å²) in [7, 11) is 1.83. The van der Waals surface area contributed by atoms with Crippen LogP contribution in [-0.2, 0) is 7.05 Å². The molecular formula is C17H15N5O. The Balaban J connectivity index is 2.31. The number of pyridine rings is 1. The van der Waals surface area contributed by atoms with Gasteiger partial charge in [0.05, 0.1) is 11.9 Å². The van der Waals surface area contributed by atoms with E-state index in [4.69, 9.17) is 5.73 Å². The normalized spacial score (nSPS) is 10.5. The number of phenolic OH excluding ortho intramolecular Hbond substituents is 1. The smallest absolute Gasteiger partial charge is 0.142 e. The van der Waals surface area contributed by atoms with E-state index in [9.17, 15) is 10.4 Å². The third-order valence-corrected chi connectivity index (χ3v) is 3.71. The van der Waals surface area contributed by atoms with Crippen molar-refractivity contribution in [1.29, 1.82) is 5.26 Å². The number of aryl methyl sites for hydroxylation is 1. The molecule has 6 nitrogen and oxygen atoms in total. The van der Waals surface area contributed by atoms with Gasteiger partial charge < -0.3 is 10.8 Å². The summed E-state index contributed by atoms with van der Waals surface area (Å²) in [4.78, 5) is 4.38. The fourth-order valence-corrected chi connectivity index (χ4v) is 2.62. The minimum absolute atomic E-state index is 0.166. The molecule has 23 heavy (non-hydrogen) atoms. The Hall–Kier alpha value is -3.33. The number of nitrogens with zero attached hydrogens (tertiary/aromatic N) is 4. The first kappa shape index (κ1) is 14.6. The molecule has 0 saturated carbocycles. The zero-order valence-electron chi connectivity index (χ0n) is 12.8. The Bertz CT molecular complexity index is 919. The van der Waals surface area contributed by atoms with Crippen LogP contribution in [0.4, 0.5) is 5.82 Å². The average molecular weight is 305 g/mol. The number of nitrogens with two attached hydrogens (primary N) is 1. The molecule has 0 fully saturated rings. The fraction of sp³-hybridized carbons (Fsp3) is 0.118. The van der Waals surface area contributed by atoms with E-state index in [1.807, 2.05) is 20.2 Å². The Labute approximate surface area is 133 Å². The average Bonchev–Trinajstić information content (AvgIpc) is 2.96. The van der Waals surface area contributed by atoms with Gasteiger partial charge in [-0.2, -0.15) is 10.4 Å². The molecule has 0 amide bonds. The predicted molar refractivity (Wildman–Crippen MR) is 87.4 cm³/mol. The standard InChI is InChI=1S/C17H15N5O/c1-10-15(11-3-5-13(23)6-4-11)14(7-18)17(19)21-16(10)12-8-20-22(2)9-12/h3-6,8-9,23H,1-2H3,(H2,19,21). The first-order chi connectivity index (χ1) is 11.0. The van der Waals surface area contributed by atoms with Gasteiger partial charge in [0.1, 0.15) is 23.2 Å². The Morgan fingerprint density at radius 3 is 2.48 bits per heavy atom. The maximum Gasteiger partial charge on any atom is 0.142 e. The van der Waals surface area contributed by atoms with Gasteiger partial charge >= 0.3 is 0 Å². The van der Waals surface area contributed by atoms with E-state index in [1.165, 1.54) is 0 Å². The van der Waals surface area contributed by atoms with Crippen LogP contribution in [0.5, 0.6) is 5.75 Å². The number of rotatable bonds is 2. The topological polar surface area (TPSA) is 101 Å². The van der Waals surface area contributed by atoms with Crippen molar-refractivity contribution in [2.24, 2.45) is 7.05 Å². The number of aromatic hydroxyl groups is 1. The molecule has 0 aliphatic carbocycles. The molecule has 1 aromatic carbocycles. The molecule has 114 valence electrons. The molecule has 0 atom stereocenters. The van der Waals surface area contributed by atoms with Crippen molar-refractivity contribution in [3.05, 3.63) is 47.8 Å². The Kier molecular flexibility index (Phi) is 3.47. The highest BCUT2D eigenvalue weighted by atomic mass is 16.3. The van der Waals surface area contributed by atoms with E-state index in [-0.39, 0.29) is 11.6 Å². The molecule has 0 aliphatic heterocycles. The number of nitrogen functional groups attached to an aromatic ring is 1. The van der Waals surface area contributed by atoms with E-state index in [1.54, 1.807) is 35.1 Å². The highest BCUT2D eigenvalue weighted by Gasteiger charge is 2.18. The van der Waals surface area contributed by atoms with Crippen LogP contribution >= 0.6 is 0 Å². The molecule has 2 aromatic heterocycles. The quantitative estimate of drug-likeness (QED) is 0.758. The first-order valence-electron chi connectivity index (χ1n) is 7.00. The number of nitriles is 1. The molecule has 0 radical (unpaired) electrons. The second-order valence-electron chi connectivity index (χ2n) is 5.28. The maximum absolute atomic E-state index is 9.48. The highest BCUT2D eigenvalue weighted by molar-refractivity contribution is 5.84. The summed E-state index contributed by atoms with van der Waals surface area (Å²) in [5.41, 5.74) is 10.2. The van der Waals surface area contributed by atoms with Gasteiger partial charge in [-0.1, -0.05) is 12.1 Å². The van der Waals surface area contributed by atoms with Gasteiger partial charge in [-0.25, -0.2) is 4.98 Å². The second kappa shape index (κ2) is 5.46. The molecule has 2 heterocycles. The summed E-state index contributed by atoms with van der Waals surface area (Å²) in [6.07, 6.45) is 3.56. The molecule has 3 rings (SSSR count). The van der Waals surface area contributed by atoms with E-state index in [2.05, 4.69) is 16.2 Å². The lowest BCUT2D eigenvalue weighted by atomic mass is 9.93. The van der Waals surface area contributed by atoms with Gasteiger partial charge in [0.2, 0.25) is 0 Å². The van der Waals surface area contributed by atoms with E-state index in [0.717, 1.165) is 22.3 Å². The molecule has 6 heteroatoms. The second-order valence-corrected chi connectivity index (χ2v) is 5.28. The van der Waals surface area contributed by atoms with E-state index < -0.39 is 0 Å². The summed E-state index contributed by atoms with van der Waals surface area (Å²) in [5, 5.41) is 23.1. The highest BCUT2D eigenvalue weighted by Crippen LogP contribution is 2.36. The van der Waals surface area contributed by atoms with Crippen LogP contribution in [-0.4, -0.2) is 19.9 Å². The third-order valence-electron chi connectivity index (χ3n) is 3.71. The summed E-state index contributed by atoms with van der Waals surface area (Å²) in [6.45, 7) is 1.90. The minimum atomic E-state index is 0.166. The maximum atomic E-state index is 9.48. The van der Waals surface area contributed by atoms with Crippen molar-refractivity contribution in [2.45, 2.75) is 6.92 Å². The van der Waals surface area contributed by atoms with Crippen molar-refractivity contribution in [3.63, 3.8) is 0 Å². The SMILES string of the molecule is Cc1c(-c2cnn(C)c2)nc(N)c(C#N)c1-c1ccc(O)cc1. The van der Waals surface area contributed by atoms with Gasteiger partial charge in [-0.15, -0.1) is 0 Å². The number of anilines is 1. The summed E-state index contributed by atoms with van der Waals surface area (Å²) in [6, 6.07) is 8.80. The molecular weight excluding hydrogens is 290 g/mol. The van der Waals surface area contributed by atoms with Crippen molar-refractivity contribution in [1.82, 2.24) is 14.8 Å². The number of hydrogen-bond donors (Lipinski definition) is 2. The molecule has 3 aromatic rings. The number of hydrogen-bond acceptors (Lipinski definition) is 5. The number of phenols is 1. The van der Waals surface area contributed by atoms with Crippen LogP contribution in [0.3, 0.4) is 0 Å². The van der Waals surface area contributed by atoms with Crippen LogP contribution in [0.25, 0.3) is 22.4 Å². The van der Waals surface area contributed by atoms with E-state index >= 15 is 0 Å². The van der Waals surface area contributed by atoms with Gasteiger partial charge in [0.15, 0.2) is 0 Å². The third kappa shape index (κ3) is 2.49. The van der Waals surface area contributed by atoms with Crippen molar-refractivity contribution >= 4 is 5.82 Å². The lowest BCUT2D eigenvalue weighted by Gasteiger charge is -2.14. The Morgan fingerprint density at radius 2 is 1.91 bits per heavy atom. The molecule has 0 saturated heterocycles. The van der Waals surface area contributed by atoms with Gasteiger partial charge in [-0.3, -0.25) is 4.68 Å². The number of benzene rings is 1. The lowest BCUT2D eigenvalue weighted by molar-refractivity contribution is 0.475. The molecule has 0 aliphatic rings. The van der Waals surface area contributed by atoms with Crippen LogP contribution in [0.15, 0.2) is 36.7 Å². The zero-order valence-corrected chi connectivity index (χ0v) is 12.8. The molecule has 0 bridgehead atoms. The first-order valence-corrected chi connectivity index (χ1v) is 7.00. The molecule has 0 spiro atoms. The Morgan fingerprint density at radius 1 is 1.22 bits per heavy atom. The summed E-state index contributed by atoms with van der Waals surface area (Å²) in [5.74, 6) is 0.347. The summed E-state index contributed by atoms with van der Waals surface area (Å²) >= 11 is 0. The lowest BCUT2D eigenvalue weighted by Crippen LogP contribution is -2.03. The molecule has 3 N–H and O–H groups in total. The minimum Gasteiger partial charge on any atom is -0.508 e. The van der Waals surface area contributed by atoms with Gasteiger partial charge in [0, 0.05) is 24.4 Å². The van der Waals surface area contributed by atoms with Crippen LogP contribution < -0.4 is 5.73 Å². The predicted octanol–water partition coefficient (Wildman–Crippen LogP) is 2.62. The number of aromatic nitrogens is 3.